The zero-order valence-electron chi connectivity index (χ0n) is 14.7. The standard InChI is InChI=1S/C18H15F5N4O.ClH/c19-12(3-4-24)8-27-16-7-11(18(21,22)23)6-14(17(16)25-26-27)13-5-10(9-28)1-2-15(13)20;/h1-3,5-7,28H,4,8-9,24H2;1H/b12-3-;. The number of fused-ring (bicyclic) bond motifs is 1. The van der Waals surface area contributed by atoms with Crippen LogP contribution in [0.1, 0.15) is 11.1 Å². The molecule has 0 atom stereocenters. The van der Waals surface area contributed by atoms with E-state index in [1.54, 1.807) is 0 Å². The second-order valence-electron chi connectivity index (χ2n) is 6.00. The van der Waals surface area contributed by atoms with Crippen molar-refractivity contribution in [3.8, 4) is 11.1 Å². The lowest BCUT2D eigenvalue weighted by Gasteiger charge is -2.12. The smallest absolute Gasteiger partial charge is 0.392 e. The van der Waals surface area contributed by atoms with Crippen LogP contribution in [-0.4, -0.2) is 26.6 Å². The van der Waals surface area contributed by atoms with E-state index in [1.165, 1.54) is 12.1 Å². The molecule has 0 aliphatic rings. The summed E-state index contributed by atoms with van der Waals surface area (Å²) in [5.74, 6) is -1.48. The first-order chi connectivity index (χ1) is 13.2. The first-order valence-corrected chi connectivity index (χ1v) is 8.13. The molecule has 11 heteroatoms. The molecule has 0 bridgehead atoms. The number of nitrogens with two attached hydrogens (primary N) is 1. The fraction of sp³-hybridized carbons (Fsp3) is 0.222. The highest BCUT2D eigenvalue weighted by atomic mass is 35.5. The Labute approximate surface area is 168 Å². The van der Waals surface area contributed by atoms with Gasteiger partial charge < -0.3 is 10.8 Å². The summed E-state index contributed by atoms with van der Waals surface area (Å²) in [6, 6.07) is 5.13. The van der Waals surface area contributed by atoms with Crippen molar-refractivity contribution in [2.24, 2.45) is 5.73 Å². The SMILES string of the molecule is Cl.NC/C=C(\F)Cn1nnc2c(-c3cc(CO)ccc3F)cc(C(F)(F)F)cc21. The van der Waals surface area contributed by atoms with E-state index in [4.69, 9.17) is 5.73 Å². The highest BCUT2D eigenvalue weighted by molar-refractivity contribution is 5.92. The van der Waals surface area contributed by atoms with Crippen LogP contribution in [0.4, 0.5) is 22.0 Å². The number of hydrogen-bond acceptors (Lipinski definition) is 4. The van der Waals surface area contributed by atoms with Crippen LogP contribution < -0.4 is 5.73 Å². The molecule has 0 unspecified atom stereocenters. The molecule has 5 nitrogen and oxygen atoms in total. The fourth-order valence-corrected chi connectivity index (χ4v) is 2.77. The van der Waals surface area contributed by atoms with Crippen LogP contribution in [0, 0.1) is 5.82 Å². The molecular formula is C18H16ClF5N4O. The molecule has 1 aromatic heterocycles. The van der Waals surface area contributed by atoms with E-state index in [1.807, 2.05) is 0 Å². The first-order valence-electron chi connectivity index (χ1n) is 8.13. The Hall–Kier alpha value is -2.56. The molecule has 2 aromatic carbocycles. The summed E-state index contributed by atoms with van der Waals surface area (Å²) >= 11 is 0. The molecule has 0 aliphatic heterocycles. The number of alkyl halides is 3. The molecule has 0 amide bonds. The van der Waals surface area contributed by atoms with E-state index in [-0.39, 0.29) is 41.1 Å². The molecule has 0 saturated heterocycles. The van der Waals surface area contributed by atoms with E-state index < -0.39 is 36.5 Å². The van der Waals surface area contributed by atoms with Gasteiger partial charge in [-0.25, -0.2) is 13.5 Å². The van der Waals surface area contributed by atoms with Gasteiger partial charge in [0.2, 0.25) is 0 Å². The minimum Gasteiger partial charge on any atom is -0.392 e. The second kappa shape index (κ2) is 8.85. The normalized spacial score (nSPS) is 12.3. The Bertz CT molecular complexity index is 1050. The summed E-state index contributed by atoms with van der Waals surface area (Å²) in [5, 5.41) is 16.8. The number of halogens is 6. The number of aliphatic hydroxyl groups excluding tert-OH is 1. The predicted molar refractivity (Wildman–Crippen MR) is 99.3 cm³/mol. The number of allylic oxidation sites excluding steroid dienone is 1. The molecule has 0 radical (unpaired) electrons. The number of aliphatic hydroxyl groups is 1. The predicted octanol–water partition coefficient (Wildman–Crippen LogP) is 3.98. The molecule has 156 valence electrons. The monoisotopic (exact) mass is 434 g/mol. The van der Waals surface area contributed by atoms with Gasteiger partial charge in [0.15, 0.2) is 0 Å². The molecule has 0 saturated carbocycles. The van der Waals surface area contributed by atoms with Gasteiger partial charge in [-0.2, -0.15) is 13.2 Å². The van der Waals surface area contributed by atoms with Gasteiger partial charge in [0, 0.05) is 17.7 Å². The van der Waals surface area contributed by atoms with Gasteiger partial charge in [-0.3, -0.25) is 0 Å². The third-order valence-electron chi connectivity index (χ3n) is 4.09. The maximum absolute atomic E-state index is 14.4. The summed E-state index contributed by atoms with van der Waals surface area (Å²) < 4.78 is 69.3. The molecule has 29 heavy (non-hydrogen) atoms. The van der Waals surface area contributed by atoms with Gasteiger partial charge in [0.25, 0.3) is 0 Å². The molecule has 3 rings (SSSR count). The lowest BCUT2D eigenvalue weighted by Crippen LogP contribution is -2.07. The number of aromatic nitrogens is 3. The van der Waals surface area contributed by atoms with Gasteiger partial charge in [0.1, 0.15) is 17.2 Å². The summed E-state index contributed by atoms with van der Waals surface area (Å²) in [6.07, 6.45) is -3.67. The van der Waals surface area contributed by atoms with Gasteiger partial charge in [-0.1, -0.05) is 11.3 Å². The van der Waals surface area contributed by atoms with E-state index in [2.05, 4.69) is 10.3 Å². The maximum atomic E-state index is 14.4. The van der Waals surface area contributed by atoms with Crippen molar-refractivity contribution in [3.63, 3.8) is 0 Å². The van der Waals surface area contributed by atoms with Crippen LogP contribution in [0.3, 0.4) is 0 Å². The molecule has 1 heterocycles. The molecule has 0 aliphatic carbocycles. The van der Waals surface area contributed by atoms with Gasteiger partial charge in [0.05, 0.1) is 24.2 Å². The van der Waals surface area contributed by atoms with Crippen molar-refractivity contribution in [3.05, 3.63) is 59.2 Å². The fourth-order valence-electron chi connectivity index (χ4n) is 2.77. The van der Waals surface area contributed by atoms with Crippen LogP contribution in [0.2, 0.25) is 0 Å². The average molecular weight is 435 g/mol. The Kier molecular flexibility index (Phi) is 6.93. The third kappa shape index (κ3) is 4.72. The quantitative estimate of drug-likeness (QED) is 0.595. The van der Waals surface area contributed by atoms with Crippen molar-refractivity contribution in [1.29, 1.82) is 0 Å². The number of rotatable bonds is 5. The summed E-state index contributed by atoms with van der Waals surface area (Å²) in [4.78, 5) is 0. The average Bonchev–Trinajstić information content (AvgIpc) is 3.04. The minimum absolute atomic E-state index is 0. The topological polar surface area (TPSA) is 77.0 Å². The van der Waals surface area contributed by atoms with E-state index >= 15 is 0 Å². The number of hydrogen-bond donors (Lipinski definition) is 2. The Morgan fingerprint density at radius 1 is 1.17 bits per heavy atom. The number of benzene rings is 2. The van der Waals surface area contributed by atoms with Gasteiger partial charge >= 0.3 is 6.18 Å². The maximum Gasteiger partial charge on any atom is 0.416 e. The highest BCUT2D eigenvalue weighted by Gasteiger charge is 2.33. The Morgan fingerprint density at radius 3 is 2.52 bits per heavy atom. The lowest BCUT2D eigenvalue weighted by molar-refractivity contribution is -0.137. The second-order valence-corrected chi connectivity index (χ2v) is 6.00. The molecule has 0 fully saturated rings. The first kappa shape index (κ1) is 22.7. The van der Waals surface area contributed by atoms with Crippen molar-refractivity contribution >= 4 is 23.4 Å². The molecule has 0 spiro atoms. The van der Waals surface area contributed by atoms with Crippen molar-refractivity contribution in [2.45, 2.75) is 19.3 Å². The van der Waals surface area contributed by atoms with Crippen molar-refractivity contribution in [2.75, 3.05) is 6.54 Å². The third-order valence-corrected chi connectivity index (χ3v) is 4.09. The van der Waals surface area contributed by atoms with Crippen LogP contribution in [0.5, 0.6) is 0 Å². The number of nitrogens with zero attached hydrogens (tertiary/aromatic N) is 3. The van der Waals surface area contributed by atoms with Crippen LogP contribution in [-0.2, 0) is 19.3 Å². The minimum atomic E-state index is -4.73. The van der Waals surface area contributed by atoms with E-state index in [0.717, 1.165) is 29.0 Å². The lowest BCUT2D eigenvalue weighted by atomic mass is 9.98. The Balaban J connectivity index is 0.00000300. The van der Waals surface area contributed by atoms with Crippen LogP contribution in [0.15, 0.2) is 42.2 Å². The molecule has 3 aromatic rings. The molecule has 3 N–H and O–H groups in total. The van der Waals surface area contributed by atoms with Crippen molar-refractivity contribution < 1.29 is 27.1 Å². The zero-order valence-corrected chi connectivity index (χ0v) is 15.6. The van der Waals surface area contributed by atoms with Gasteiger partial charge in [-0.05, 0) is 35.9 Å². The molecular weight excluding hydrogens is 419 g/mol. The van der Waals surface area contributed by atoms with Crippen LogP contribution in [0.25, 0.3) is 22.2 Å². The zero-order chi connectivity index (χ0) is 20.5. The summed E-state index contributed by atoms with van der Waals surface area (Å²) in [5.41, 5.74) is 4.00. The van der Waals surface area contributed by atoms with Gasteiger partial charge in [-0.15, -0.1) is 17.5 Å². The summed E-state index contributed by atoms with van der Waals surface area (Å²) in [6.45, 7) is -0.971. The van der Waals surface area contributed by atoms with Crippen LogP contribution >= 0.6 is 12.4 Å². The van der Waals surface area contributed by atoms with Crippen molar-refractivity contribution in [1.82, 2.24) is 15.0 Å². The largest absolute Gasteiger partial charge is 0.416 e. The summed E-state index contributed by atoms with van der Waals surface area (Å²) in [7, 11) is 0. The highest BCUT2D eigenvalue weighted by Crippen LogP contribution is 2.37. The van der Waals surface area contributed by atoms with E-state index in [9.17, 15) is 27.1 Å². The Morgan fingerprint density at radius 2 is 1.90 bits per heavy atom. The van der Waals surface area contributed by atoms with E-state index in [0.29, 0.717) is 5.56 Å².